The average Bonchev–Trinajstić information content (AvgIpc) is 2.74. The quantitative estimate of drug-likeness (QED) is 0.360. The van der Waals surface area contributed by atoms with Gasteiger partial charge in [-0.25, -0.2) is 0 Å². The van der Waals surface area contributed by atoms with Gasteiger partial charge >= 0.3 is 0 Å². The summed E-state index contributed by atoms with van der Waals surface area (Å²) in [6.07, 6.45) is 1.98. The fraction of sp³-hybridized carbons (Fsp3) is 0.0455. The van der Waals surface area contributed by atoms with E-state index in [9.17, 15) is 9.59 Å². The van der Waals surface area contributed by atoms with Crippen molar-refractivity contribution < 1.29 is 4.79 Å². The van der Waals surface area contributed by atoms with Crippen molar-refractivity contribution in [1.82, 2.24) is 9.55 Å². The van der Waals surface area contributed by atoms with Crippen molar-refractivity contribution in [3.8, 4) is 5.69 Å². The molecule has 0 aliphatic carbocycles. The standard InChI is InChI=1S/C22H17N3O2S2/c1-29-17-9-5-6-15(13-17)23-20(26)14-10-11-18-19(12-14)24-22(28)25(21(18)27)16-7-3-2-4-8-16/h2-13H,1H3,(H,23,26)(H,24,28). The second kappa shape index (κ2) is 8.06. The number of rotatable bonds is 4. The summed E-state index contributed by atoms with van der Waals surface area (Å²) < 4.78 is 1.73. The van der Waals surface area contributed by atoms with Crippen LogP contribution in [0.1, 0.15) is 10.4 Å². The fourth-order valence-corrected chi connectivity index (χ4v) is 3.83. The zero-order chi connectivity index (χ0) is 20.4. The number of H-pyrrole nitrogens is 1. The summed E-state index contributed by atoms with van der Waals surface area (Å²) >= 11 is 7.00. The van der Waals surface area contributed by atoms with Gasteiger partial charge < -0.3 is 10.3 Å². The maximum Gasteiger partial charge on any atom is 0.266 e. The lowest BCUT2D eigenvalue weighted by Gasteiger charge is -2.10. The number of para-hydroxylation sites is 1. The largest absolute Gasteiger partial charge is 0.331 e. The van der Waals surface area contributed by atoms with E-state index in [1.54, 1.807) is 30.0 Å². The molecule has 0 aliphatic heterocycles. The molecule has 0 radical (unpaired) electrons. The van der Waals surface area contributed by atoms with Crippen LogP contribution in [-0.4, -0.2) is 21.7 Å². The van der Waals surface area contributed by atoms with Gasteiger partial charge in [0.2, 0.25) is 0 Å². The number of anilines is 1. The molecule has 0 saturated heterocycles. The highest BCUT2D eigenvalue weighted by atomic mass is 32.2. The van der Waals surface area contributed by atoms with Crippen LogP contribution in [0.3, 0.4) is 0 Å². The predicted molar refractivity (Wildman–Crippen MR) is 121 cm³/mol. The van der Waals surface area contributed by atoms with Crippen molar-refractivity contribution in [2.75, 3.05) is 11.6 Å². The summed E-state index contributed by atoms with van der Waals surface area (Å²) in [6.45, 7) is 0. The molecule has 0 unspecified atom stereocenters. The van der Waals surface area contributed by atoms with Crippen molar-refractivity contribution in [3.63, 3.8) is 0 Å². The predicted octanol–water partition coefficient (Wildman–Crippen LogP) is 5.02. The van der Waals surface area contributed by atoms with Crippen molar-refractivity contribution >= 4 is 46.5 Å². The van der Waals surface area contributed by atoms with E-state index in [1.165, 1.54) is 4.57 Å². The molecule has 3 aromatic carbocycles. The number of benzene rings is 3. The lowest BCUT2D eigenvalue weighted by Crippen LogP contribution is -2.21. The third kappa shape index (κ3) is 3.87. The van der Waals surface area contributed by atoms with Crippen LogP contribution < -0.4 is 10.9 Å². The number of aromatic nitrogens is 2. The van der Waals surface area contributed by atoms with E-state index in [2.05, 4.69) is 10.3 Å². The Hall–Kier alpha value is -3.16. The Morgan fingerprint density at radius 1 is 1.03 bits per heavy atom. The molecule has 7 heteroatoms. The van der Waals surface area contributed by atoms with Crippen LogP contribution in [0.4, 0.5) is 5.69 Å². The van der Waals surface area contributed by atoms with Gasteiger partial charge in [0.1, 0.15) is 0 Å². The van der Waals surface area contributed by atoms with Gasteiger partial charge in [-0.1, -0.05) is 24.3 Å². The van der Waals surface area contributed by atoms with E-state index in [1.807, 2.05) is 60.9 Å². The Morgan fingerprint density at radius 2 is 1.83 bits per heavy atom. The smallest absolute Gasteiger partial charge is 0.266 e. The zero-order valence-electron chi connectivity index (χ0n) is 15.5. The summed E-state index contributed by atoms with van der Waals surface area (Å²) in [4.78, 5) is 29.8. The number of hydrogen-bond acceptors (Lipinski definition) is 4. The van der Waals surface area contributed by atoms with E-state index in [0.717, 1.165) is 10.6 Å². The number of nitrogens with zero attached hydrogens (tertiary/aromatic N) is 1. The third-order valence-electron chi connectivity index (χ3n) is 4.50. The maximum absolute atomic E-state index is 13.0. The molecule has 0 spiro atoms. The molecule has 0 fully saturated rings. The molecule has 4 rings (SSSR count). The normalized spacial score (nSPS) is 10.8. The van der Waals surface area contributed by atoms with E-state index in [-0.39, 0.29) is 16.2 Å². The third-order valence-corrected chi connectivity index (χ3v) is 5.51. The lowest BCUT2D eigenvalue weighted by atomic mass is 10.1. The number of carbonyl (C=O) groups excluding carboxylic acids is 1. The molecule has 1 amide bonds. The highest BCUT2D eigenvalue weighted by Gasteiger charge is 2.12. The van der Waals surface area contributed by atoms with Crippen LogP contribution in [0.5, 0.6) is 0 Å². The van der Waals surface area contributed by atoms with E-state index in [4.69, 9.17) is 12.2 Å². The number of hydrogen-bond donors (Lipinski definition) is 2. The van der Waals surface area contributed by atoms with Crippen LogP contribution in [0.25, 0.3) is 16.6 Å². The van der Waals surface area contributed by atoms with Gasteiger partial charge in [-0.3, -0.25) is 14.2 Å². The Kier molecular flexibility index (Phi) is 5.33. The van der Waals surface area contributed by atoms with Crippen molar-refractivity contribution in [2.24, 2.45) is 0 Å². The van der Waals surface area contributed by atoms with Crippen LogP contribution in [-0.2, 0) is 0 Å². The molecular formula is C22H17N3O2S2. The maximum atomic E-state index is 13.0. The second-order valence-electron chi connectivity index (χ2n) is 6.35. The number of aromatic amines is 1. The first kappa shape index (κ1) is 19.2. The van der Waals surface area contributed by atoms with Gasteiger partial charge in [-0.15, -0.1) is 11.8 Å². The lowest BCUT2D eigenvalue weighted by molar-refractivity contribution is 0.102. The summed E-state index contributed by atoms with van der Waals surface area (Å²) in [7, 11) is 0. The molecule has 29 heavy (non-hydrogen) atoms. The summed E-state index contributed by atoms with van der Waals surface area (Å²) in [5, 5.41) is 3.35. The van der Waals surface area contributed by atoms with Crippen molar-refractivity contribution in [2.45, 2.75) is 4.90 Å². The minimum absolute atomic E-state index is 0.227. The van der Waals surface area contributed by atoms with Crippen LogP contribution in [0, 0.1) is 4.77 Å². The highest BCUT2D eigenvalue weighted by molar-refractivity contribution is 7.98. The second-order valence-corrected chi connectivity index (χ2v) is 7.62. The van der Waals surface area contributed by atoms with Gasteiger partial charge in [0, 0.05) is 16.1 Å². The molecule has 4 aromatic rings. The van der Waals surface area contributed by atoms with E-state index in [0.29, 0.717) is 22.2 Å². The Balaban J connectivity index is 1.72. The Bertz CT molecular complexity index is 1330. The van der Waals surface area contributed by atoms with E-state index >= 15 is 0 Å². The summed E-state index contributed by atoms with van der Waals surface area (Å²) in [6, 6.07) is 21.8. The SMILES string of the molecule is CSc1cccc(NC(=O)c2ccc3c(=O)n(-c4ccccc4)c(=S)[nH]c3c2)c1. The van der Waals surface area contributed by atoms with E-state index < -0.39 is 0 Å². The first-order valence-corrected chi connectivity index (χ1v) is 10.5. The minimum atomic E-state index is -0.253. The van der Waals surface area contributed by atoms with Crippen LogP contribution >= 0.6 is 24.0 Å². The molecule has 0 bridgehead atoms. The van der Waals surface area contributed by atoms with Crippen molar-refractivity contribution in [1.29, 1.82) is 0 Å². The first-order chi connectivity index (χ1) is 14.1. The zero-order valence-corrected chi connectivity index (χ0v) is 17.1. The number of carbonyl (C=O) groups is 1. The molecule has 2 N–H and O–H groups in total. The molecule has 0 aliphatic rings. The molecule has 1 heterocycles. The summed E-state index contributed by atoms with van der Waals surface area (Å²) in [5.41, 5.74) is 2.15. The van der Waals surface area contributed by atoms with Gasteiger partial charge in [0.05, 0.1) is 16.6 Å². The number of fused-ring (bicyclic) bond motifs is 1. The van der Waals surface area contributed by atoms with Gasteiger partial charge in [-0.2, -0.15) is 0 Å². The Morgan fingerprint density at radius 3 is 2.59 bits per heavy atom. The number of nitrogens with one attached hydrogen (secondary N) is 2. The van der Waals surface area contributed by atoms with Crippen LogP contribution in [0.2, 0.25) is 0 Å². The highest BCUT2D eigenvalue weighted by Crippen LogP contribution is 2.20. The van der Waals surface area contributed by atoms with Gasteiger partial charge in [0.15, 0.2) is 4.77 Å². The topological polar surface area (TPSA) is 66.9 Å². The van der Waals surface area contributed by atoms with Crippen LogP contribution in [0.15, 0.2) is 82.5 Å². The fourth-order valence-electron chi connectivity index (χ4n) is 3.07. The first-order valence-electron chi connectivity index (χ1n) is 8.87. The summed E-state index contributed by atoms with van der Waals surface area (Å²) in [5.74, 6) is -0.253. The molecule has 0 atom stereocenters. The van der Waals surface area contributed by atoms with Crippen molar-refractivity contribution in [3.05, 3.63) is 93.5 Å². The monoisotopic (exact) mass is 419 g/mol. The number of thioether (sulfide) groups is 1. The Labute approximate surface area is 176 Å². The molecule has 5 nitrogen and oxygen atoms in total. The molecule has 144 valence electrons. The minimum Gasteiger partial charge on any atom is -0.331 e. The number of amides is 1. The molecule has 0 saturated carbocycles. The van der Waals surface area contributed by atoms with Gasteiger partial charge in [0.25, 0.3) is 11.5 Å². The average molecular weight is 420 g/mol. The molecule has 1 aromatic heterocycles. The van der Waals surface area contributed by atoms with Gasteiger partial charge in [-0.05, 0) is 67.0 Å². The molecular weight excluding hydrogens is 402 g/mol.